The molecule has 1 amide bonds. The van der Waals surface area contributed by atoms with E-state index in [4.69, 9.17) is 0 Å². The largest absolute Gasteiger partial charge is 0.334 e. The molecule has 0 spiro atoms. The number of hydrogen-bond acceptors (Lipinski definition) is 3. The Balaban J connectivity index is 1.48. The third-order valence-electron chi connectivity index (χ3n) is 5.20. The minimum atomic E-state index is 0.290. The van der Waals surface area contributed by atoms with Crippen LogP contribution in [0, 0.1) is 6.92 Å². The summed E-state index contributed by atoms with van der Waals surface area (Å²) in [5.74, 6) is 2.29. The van der Waals surface area contributed by atoms with Gasteiger partial charge in [-0.1, -0.05) is 30.3 Å². The Morgan fingerprint density at radius 2 is 1.96 bits per heavy atom. The Morgan fingerprint density at radius 1 is 1.17 bits per heavy atom. The topological polar surface area (TPSA) is 51.0 Å². The van der Waals surface area contributed by atoms with Crippen LogP contribution in [-0.4, -0.2) is 37.7 Å². The van der Waals surface area contributed by atoms with Gasteiger partial charge in [-0.2, -0.15) is 0 Å². The third-order valence-corrected chi connectivity index (χ3v) is 5.20. The molecule has 120 valence electrons. The molecule has 0 radical (unpaired) electrons. The average Bonchev–Trinajstić information content (AvgIpc) is 3.05. The number of carbonyl (C=O) groups excluding carboxylic acids is 1. The number of benzene rings is 1. The van der Waals surface area contributed by atoms with Gasteiger partial charge in [-0.15, -0.1) is 10.2 Å². The zero-order chi connectivity index (χ0) is 15.8. The second-order valence-electron chi connectivity index (χ2n) is 6.65. The lowest BCUT2D eigenvalue weighted by Crippen LogP contribution is -2.42. The number of hydrogen-bond donors (Lipinski definition) is 0. The van der Waals surface area contributed by atoms with Crippen LogP contribution in [0.2, 0.25) is 0 Å². The van der Waals surface area contributed by atoms with E-state index in [0.717, 1.165) is 43.9 Å². The molecule has 1 aromatic carbocycles. The molecule has 0 aliphatic carbocycles. The molecule has 2 bridgehead atoms. The Labute approximate surface area is 136 Å². The molecule has 0 saturated carbocycles. The molecule has 0 unspecified atom stereocenters. The number of amides is 1. The fourth-order valence-corrected chi connectivity index (χ4v) is 4.01. The fourth-order valence-electron chi connectivity index (χ4n) is 4.01. The van der Waals surface area contributed by atoms with E-state index < -0.39 is 0 Å². The van der Waals surface area contributed by atoms with Crippen LogP contribution >= 0.6 is 0 Å². The maximum atomic E-state index is 12.8. The monoisotopic (exact) mass is 310 g/mol. The van der Waals surface area contributed by atoms with Crippen molar-refractivity contribution in [3.63, 3.8) is 0 Å². The van der Waals surface area contributed by atoms with Crippen molar-refractivity contribution in [3.05, 3.63) is 47.5 Å². The van der Waals surface area contributed by atoms with E-state index in [-0.39, 0.29) is 5.91 Å². The molecule has 2 atom stereocenters. The van der Waals surface area contributed by atoms with Gasteiger partial charge in [0.25, 0.3) is 0 Å². The lowest BCUT2D eigenvalue weighted by atomic mass is 10.1. The van der Waals surface area contributed by atoms with E-state index in [9.17, 15) is 4.79 Å². The van der Waals surface area contributed by atoms with E-state index in [0.29, 0.717) is 18.5 Å². The maximum absolute atomic E-state index is 12.8. The fraction of sp³-hybridized carbons (Fsp3) is 0.500. The second-order valence-corrected chi connectivity index (χ2v) is 6.65. The van der Waals surface area contributed by atoms with E-state index in [1.165, 1.54) is 5.56 Å². The van der Waals surface area contributed by atoms with E-state index >= 15 is 0 Å². The minimum absolute atomic E-state index is 0.290. The molecule has 3 heterocycles. The van der Waals surface area contributed by atoms with E-state index in [1.54, 1.807) is 0 Å². The first kappa shape index (κ1) is 14.4. The van der Waals surface area contributed by atoms with Crippen molar-refractivity contribution >= 4 is 5.91 Å². The number of rotatable bonds is 3. The molecule has 1 fully saturated rings. The summed E-state index contributed by atoms with van der Waals surface area (Å²) in [4.78, 5) is 15.0. The van der Waals surface area contributed by atoms with Crippen molar-refractivity contribution in [2.24, 2.45) is 0 Å². The summed E-state index contributed by atoms with van der Waals surface area (Å²) in [5.41, 5.74) is 1.23. The number of fused-ring (bicyclic) bond motifs is 3. The summed E-state index contributed by atoms with van der Waals surface area (Å²) in [6, 6.07) is 10.9. The first-order valence-corrected chi connectivity index (χ1v) is 8.46. The molecule has 1 aromatic heterocycles. The van der Waals surface area contributed by atoms with Gasteiger partial charge in [-0.05, 0) is 31.7 Å². The summed E-state index contributed by atoms with van der Waals surface area (Å²) in [6.45, 7) is 2.85. The van der Waals surface area contributed by atoms with Gasteiger partial charge in [0.2, 0.25) is 5.91 Å². The molecule has 1 saturated heterocycles. The first-order chi connectivity index (χ1) is 11.2. The van der Waals surface area contributed by atoms with Crippen LogP contribution in [0.25, 0.3) is 0 Å². The molecular weight excluding hydrogens is 288 g/mol. The summed E-state index contributed by atoms with van der Waals surface area (Å²) in [6.07, 6.45) is 4.44. The molecule has 23 heavy (non-hydrogen) atoms. The van der Waals surface area contributed by atoms with Gasteiger partial charge in [0.05, 0.1) is 6.04 Å². The quantitative estimate of drug-likeness (QED) is 0.873. The van der Waals surface area contributed by atoms with Crippen LogP contribution in [0.1, 0.15) is 36.5 Å². The Kier molecular flexibility index (Phi) is 3.63. The van der Waals surface area contributed by atoms with Gasteiger partial charge < -0.3 is 9.47 Å². The molecular formula is C18H22N4O. The van der Waals surface area contributed by atoms with Crippen molar-refractivity contribution in [1.82, 2.24) is 19.7 Å². The Bertz CT molecular complexity index is 709. The first-order valence-electron chi connectivity index (χ1n) is 8.46. The van der Waals surface area contributed by atoms with Gasteiger partial charge in [-0.25, -0.2) is 0 Å². The van der Waals surface area contributed by atoms with Gasteiger partial charge in [0, 0.05) is 25.4 Å². The minimum Gasteiger partial charge on any atom is -0.334 e. The third kappa shape index (κ3) is 2.64. The van der Waals surface area contributed by atoms with Crippen molar-refractivity contribution in [2.45, 2.75) is 57.7 Å². The van der Waals surface area contributed by atoms with Crippen LogP contribution in [0.15, 0.2) is 30.3 Å². The van der Waals surface area contributed by atoms with Crippen LogP contribution < -0.4 is 0 Å². The molecule has 4 rings (SSSR count). The predicted octanol–water partition coefficient (Wildman–Crippen LogP) is 2.14. The zero-order valence-electron chi connectivity index (χ0n) is 13.5. The number of aromatic nitrogens is 3. The smallest absolute Gasteiger partial charge is 0.223 e. The summed E-state index contributed by atoms with van der Waals surface area (Å²) < 4.78 is 2.20. The van der Waals surface area contributed by atoms with Gasteiger partial charge in [0.1, 0.15) is 11.6 Å². The van der Waals surface area contributed by atoms with Crippen molar-refractivity contribution in [1.29, 1.82) is 0 Å². The lowest BCUT2D eigenvalue weighted by Gasteiger charge is -2.28. The Hall–Kier alpha value is -2.17. The molecule has 2 aliphatic heterocycles. The maximum Gasteiger partial charge on any atom is 0.223 e. The van der Waals surface area contributed by atoms with Crippen LogP contribution in [0.5, 0.6) is 0 Å². The highest BCUT2D eigenvalue weighted by Crippen LogP contribution is 2.32. The van der Waals surface area contributed by atoms with Crippen molar-refractivity contribution in [3.8, 4) is 0 Å². The van der Waals surface area contributed by atoms with Crippen LogP contribution in [-0.2, 0) is 24.2 Å². The molecule has 0 N–H and O–H groups in total. The van der Waals surface area contributed by atoms with E-state index in [1.807, 2.05) is 25.1 Å². The van der Waals surface area contributed by atoms with Gasteiger partial charge in [-0.3, -0.25) is 4.79 Å². The number of aryl methyl sites for hydroxylation is 2. The lowest BCUT2D eigenvalue weighted by molar-refractivity contribution is -0.134. The highest BCUT2D eigenvalue weighted by molar-refractivity contribution is 5.77. The standard InChI is InChI=1S/C18H22N4O/c1-13-19-20-17-11-15-8-9-16(12-21(13)17)22(15)18(23)10-7-14-5-3-2-4-6-14/h2-6,15-16H,7-12H2,1H3/t15-,16+/m0/s1. The van der Waals surface area contributed by atoms with E-state index in [2.05, 4.69) is 31.8 Å². The summed E-state index contributed by atoms with van der Waals surface area (Å²) >= 11 is 0. The van der Waals surface area contributed by atoms with Crippen molar-refractivity contribution < 1.29 is 4.79 Å². The molecule has 5 nitrogen and oxygen atoms in total. The van der Waals surface area contributed by atoms with Crippen molar-refractivity contribution in [2.75, 3.05) is 0 Å². The summed E-state index contributed by atoms with van der Waals surface area (Å²) in [7, 11) is 0. The van der Waals surface area contributed by atoms with Crippen LogP contribution in [0.4, 0.5) is 0 Å². The van der Waals surface area contributed by atoms with Gasteiger partial charge >= 0.3 is 0 Å². The molecule has 2 aliphatic rings. The summed E-state index contributed by atoms with van der Waals surface area (Å²) in [5, 5.41) is 8.49. The SMILES string of the molecule is Cc1nnc2n1C[C@H]1CC[C@@H](C2)N1C(=O)CCc1ccccc1. The predicted molar refractivity (Wildman–Crippen MR) is 86.9 cm³/mol. The zero-order valence-corrected chi connectivity index (χ0v) is 13.5. The number of nitrogens with zero attached hydrogens (tertiary/aromatic N) is 4. The molecule has 2 aromatic rings. The normalized spacial score (nSPS) is 22.7. The molecule has 5 heteroatoms. The average molecular weight is 310 g/mol. The van der Waals surface area contributed by atoms with Crippen LogP contribution in [0.3, 0.4) is 0 Å². The Morgan fingerprint density at radius 3 is 2.78 bits per heavy atom. The highest BCUT2D eigenvalue weighted by Gasteiger charge is 2.40. The second kappa shape index (κ2) is 5.80. The number of carbonyl (C=O) groups is 1. The highest BCUT2D eigenvalue weighted by atomic mass is 16.2. The van der Waals surface area contributed by atoms with Gasteiger partial charge in [0.15, 0.2) is 0 Å².